The molecule has 8 heteroatoms. The lowest BCUT2D eigenvalue weighted by atomic mass is 9.97. The Morgan fingerprint density at radius 3 is 2.45 bits per heavy atom. The van der Waals surface area contributed by atoms with E-state index in [1.807, 2.05) is 18.2 Å². The number of ether oxygens (including phenoxy) is 1. The SMILES string of the molecule is Oc1cccc(CN2CCC(COC3=NC(C(F)(F)F)CN3c3ccccc3)CC2)c1. The Morgan fingerprint density at radius 1 is 1.03 bits per heavy atom. The van der Waals surface area contributed by atoms with Crippen molar-refractivity contribution in [2.24, 2.45) is 10.9 Å². The Hall–Kier alpha value is -2.74. The predicted octanol–water partition coefficient (Wildman–Crippen LogP) is 4.43. The summed E-state index contributed by atoms with van der Waals surface area (Å²) in [6, 6.07) is 14.4. The largest absolute Gasteiger partial charge is 0.508 e. The van der Waals surface area contributed by atoms with Gasteiger partial charge in [-0.3, -0.25) is 9.80 Å². The molecular weight excluding hydrogens is 407 g/mol. The number of phenolic OH excluding ortho intramolecular Hbond substituents is 1. The van der Waals surface area contributed by atoms with Crippen molar-refractivity contribution in [3.8, 4) is 5.75 Å². The van der Waals surface area contributed by atoms with E-state index in [0.29, 0.717) is 12.3 Å². The van der Waals surface area contributed by atoms with E-state index >= 15 is 0 Å². The number of amidine groups is 1. The quantitative estimate of drug-likeness (QED) is 0.758. The fourth-order valence-corrected chi connectivity index (χ4v) is 4.03. The Balaban J connectivity index is 1.32. The lowest BCUT2D eigenvalue weighted by molar-refractivity contribution is -0.143. The van der Waals surface area contributed by atoms with E-state index in [4.69, 9.17) is 4.74 Å². The number of benzene rings is 2. The summed E-state index contributed by atoms with van der Waals surface area (Å²) in [5.74, 6) is 0.531. The second kappa shape index (κ2) is 9.18. The Morgan fingerprint density at radius 2 is 1.77 bits per heavy atom. The molecule has 2 aromatic carbocycles. The third-order valence-corrected chi connectivity index (χ3v) is 5.77. The molecule has 5 nitrogen and oxygen atoms in total. The molecule has 2 aliphatic rings. The number of para-hydroxylation sites is 1. The van der Waals surface area contributed by atoms with Crippen molar-refractivity contribution in [2.45, 2.75) is 31.6 Å². The highest BCUT2D eigenvalue weighted by molar-refractivity contribution is 5.93. The van der Waals surface area contributed by atoms with Gasteiger partial charge in [0.1, 0.15) is 5.75 Å². The highest BCUT2D eigenvalue weighted by Gasteiger charge is 2.46. The summed E-state index contributed by atoms with van der Waals surface area (Å²) >= 11 is 0. The Labute approximate surface area is 179 Å². The molecule has 0 aliphatic carbocycles. The van der Waals surface area contributed by atoms with E-state index < -0.39 is 12.2 Å². The summed E-state index contributed by atoms with van der Waals surface area (Å²) in [6.07, 6.45) is -2.59. The minimum atomic E-state index is -4.39. The Kier molecular flexibility index (Phi) is 6.36. The molecule has 1 atom stereocenters. The van der Waals surface area contributed by atoms with Gasteiger partial charge >= 0.3 is 6.18 Å². The first-order valence-corrected chi connectivity index (χ1v) is 10.5. The average Bonchev–Trinajstić information content (AvgIpc) is 3.19. The van der Waals surface area contributed by atoms with Crippen LogP contribution >= 0.6 is 0 Å². The van der Waals surface area contributed by atoms with E-state index in [0.717, 1.165) is 38.0 Å². The van der Waals surface area contributed by atoms with Crippen molar-refractivity contribution in [3.05, 3.63) is 60.2 Å². The molecule has 31 heavy (non-hydrogen) atoms. The first kappa shape index (κ1) is 21.5. The van der Waals surface area contributed by atoms with Crippen molar-refractivity contribution in [1.29, 1.82) is 0 Å². The standard InChI is InChI=1S/C23H26F3N3O2/c24-23(25,26)21-15-29(19-6-2-1-3-7-19)22(27-21)31-16-17-9-11-28(12-10-17)14-18-5-4-8-20(30)13-18/h1-8,13,17,21,30H,9-12,14-16H2. The zero-order valence-corrected chi connectivity index (χ0v) is 17.1. The molecule has 1 saturated heterocycles. The fourth-order valence-electron chi connectivity index (χ4n) is 4.03. The number of anilines is 1. The van der Waals surface area contributed by atoms with Crippen LogP contribution < -0.4 is 4.90 Å². The van der Waals surface area contributed by atoms with Crippen molar-refractivity contribution in [3.63, 3.8) is 0 Å². The zero-order chi connectivity index (χ0) is 21.8. The van der Waals surface area contributed by atoms with Gasteiger partial charge in [-0.15, -0.1) is 0 Å². The van der Waals surface area contributed by atoms with Crippen LogP contribution in [0.25, 0.3) is 0 Å². The summed E-state index contributed by atoms with van der Waals surface area (Å²) in [6.45, 7) is 2.62. The van der Waals surface area contributed by atoms with Gasteiger partial charge < -0.3 is 9.84 Å². The topological polar surface area (TPSA) is 48.3 Å². The van der Waals surface area contributed by atoms with E-state index in [1.165, 1.54) is 4.90 Å². The van der Waals surface area contributed by atoms with E-state index in [1.54, 1.807) is 36.4 Å². The maximum absolute atomic E-state index is 13.3. The molecule has 2 aromatic rings. The van der Waals surface area contributed by atoms with Gasteiger partial charge in [0.05, 0.1) is 13.2 Å². The van der Waals surface area contributed by atoms with E-state index in [-0.39, 0.29) is 24.2 Å². The number of alkyl halides is 3. The molecule has 0 saturated carbocycles. The highest BCUT2D eigenvalue weighted by Crippen LogP contribution is 2.31. The number of hydrogen-bond acceptors (Lipinski definition) is 5. The summed E-state index contributed by atoms with van der Waals surface area (Å²) in [4.78, 5) is 7.66. The van der Waals surface area contributed by atoms with E-state index in [9.17, 15) is 18.3 Å². The molecule has 0 bridgehead atoms. The minimum absolute atomic E-state index is 0.0516. The van der Waals surface area contributed by atoms with Crippen LogP contribution in [-0.2, 0) is 11.3 Å². The number of phenols is 1. The smallest absolute Gasteiger partial charge is 0.412 e. The summed E-state index contributed by atoms with van der Waals surface area (Å²) in [5.41, 5.74) is 1.71. The zero-order valence-electron chi connectivity index (χ0n) is 17.1. The molecule has 166 valence electrons. The maximum Gasteiger partial charge on any atom is 0.412 e. The fraction of sp³-hybridized carbons (Fsp3) is 0.435. The number of nitrogens with zero attached hydrogens (tertiary/aromatic N) is 3. The third-order valence-electron chi connectivity index (χ3n) is 5.77. The van der Waals surface area contributed by atoms with Gasteiger partial charge in [-0.25, -0.2) is 4.99 Å². The Bertz CT molecular complexity index is 896. The predicted molar refractivity (Wildman–Crippen MR) is 113 cm³/mol. The number of piperidine rings is 1. The molecule has 1 fully saturated rings. The first-order chi connectivity index (χ1) is 14.9. The second-order valence-electron chi connectivity index (χ2n) is 8.12. The van der Waals surface area contributed by atoms with Crippen LogP contribution in [0.4, 0.5) is 18.9 Å². The molecule has 1 unspecified atom stereocenters. The minimum Gasteiger partial charge on any atom is -0.508 e. The molecule has 0 spiro atoms. The van der Waals surface area contributed by atoms with Crippen LogP contribution in [0.2, 0.25) is 0 Å². The van der Waals surface area contributed by atoms with Gasteiger partial charge in [-0.1, -0.05) is 30.3 Å². The van der Waals surface area contributed by atoms with Crippen molar-refractivity contribution in [1.82, 2.24) is 4.90 Å². The lowest BCUT2D eigenvalue weighted by Gasteiger charge is -2.32. The van der Waals surface area contributed by atoms with Crippen molar-refractivity contribution < 1.29 is 23.0 Å². The van der Waals surface area contributed by atoms with E-state index in [2.05, 4.69) is 9.89 Å². The lowest BCUT2D eigenvalue weighted by Crippen LogP contribution is -2.37. The van der Waals surface area contributed by atoms with Crippen LogP contribution in [0.3, 0.4) is 0 Å². The van der Waals surface area contributed by atoms with Gasteiger partial charge in [0.15, 0.2) is 6.04 Å². The second-order valence-corrected chi connectivity index (χ2v) is 8.12. The molecule has 4 rings (SSSR count). The molecule has 0 radical (unpaired) electrons. The normalized spacial score (nSPS) is 20.7. The molecule has 2 heterocycles. The number of rotatable bonds is 5. The summed E-state index contributed by atoms with van der Waals surface area (Å²) < 4.78 is 45.6. The summed E-state index contributed by atoms with van der Waals surface area (Å²) in [7, 11) is 0. The van der Waals surface area contributed by atoms with Crippen LogP contribution in [0.15, 0.2) is 59.6 Å². The first-order valence-electron chi connectivity index (χ1n) is 10.5. The number of aliphatic imine (C=N–C) groups is 1. The molecule has 0 aromatic heterocycles. The van der Waals surface area contributed by atoms with Crippen LogP contribution in [0.5, 0.6) is 5.75 Å². The number of hydrogen-bond donors (Lipinski definition) is 1. The monoisotopic (exact) mass is 433 g/mol. The van der Waals surface area contributed by atoms with Gasteiger partial charge in [-0.2, -0.15) is 13.2 Å². The van der Waals surface area contributed by atoms with Gasteiger partial charge in [0.25, 0.3) is 6.02 Å². The van der Waals surface area contributed by atoms with Crippen LogP contribution in [0.1, 0.15) is 18.4 Å². The number of halogens is 3. The highest BCUT2D eigenvalue weighted by atomic mass is 19.4. The van der Waals surface area contributed by atoms with Crippen molar-refractivity contribution in [2.75, 3.05) is 31.1 Å². The molecular formula is C23H26F3N3O2. The van der Waals surface area contributed by atoms with Crippen LogP contribution in [-0.4, -0.2) is 54.5 Å². The molecule has 0 amide bonds. The maximum atomic E-state index is 13.3. The third kappa shape index (κ3) is 5.50. The number of likely N-dealkylation sites (tertiary alicyclic amines) is 1. The van der Waals surface area contributed by atoms with Gasteiger partial charge in [0, 0.05) is 12.2 Å². The van der Waals surface area contributed by atoms with Crippen molar-refractivity contribution >= 4 is 11.7 Å². The average molecular weight is 433 g/mol. The molecule has 2 aliphatic heterocycles. The molecule has 1 N–H and O–H groups in total. The van der Waals surface area contributed by atoms with Crippen LogP contribution in [0, 0.1) is 5.92 Å². The number of aromatic hydroxyl groups is 1. The summed E-state index contributed by atoms with van der Waals surface area (Å²) in [5, 5.41) is 9.61. The van der Waals surface area contributed by atoms with Gasteiger partial charge in [-0.05, 0) is 61.7 Å². The van der Waals surface area contributed by atoms with Gasteiger partial charge in [0.2, 0.25) is 0 Å².